The smallest absolute Gasteiger partial charge is 0.272 e. The largest absolute Gasteiger partial charge is 0.333 e. The Morgan fingerprint density at radius 3 is 1.96 bits per heavy atom. The standard InChI is InChI=1S/C20H17N3O3/c1-22-17(24)20(14-21,12-15-8-4-2-5-9-15)18(25)23(19(22)26)13-16-10-6-3-7-11-16/h2-11H,12-13H2,1H3. The summed E-state index contributed by atoms with van der Waals surface area (Å²) in [6.07, 6.45) is -0.0785. The first-order valence-corrected chi connectivity index (χ1v) is 8.13. The molecule has 0 bridgehead atoms. The van der Waals surface area contributed by atoms with Crippen LogP contribution in [0.4, 0.5) is 4.79 Å². The van der Waals surface area contributed by atoms with E-state index in [9.17, 15) is 19.6 Å². The molecule has 1 atom stereocenters. The van der Waals surface area contributed by atoms with E-state index in [-0.39, 0.29) is 13.0 Å². The van der Waals surface area contributed by atoms with E-state index in [1.807, 2.05) is 18.2 Å². The highest BCUT2D eigenvalue weighted by molar-refractivity contribution is 6.20. The number of nitrogens with zero attached hydrogens (tertiary/aromatic N) is 3. The predicted molar refractivity (Wildman–Crippen MR) is 93.4 cm³/mol. The maximum Gasteiger partial charge on any atom is 0.333 e. The van der Waals surface area contributed by atoms with Crippen LogP contribution in [0.1, 0.15) is 11.1 Å². The van der Waals surface area contributed by atoms with Gasteiger partial charge in [0.25, 0.3) is 11.8 Å². The normalized spacial score (nSPS) is 20.2. The molecule has 0 radical (unpaired) electrons. The van der Waals surface area contributed by atoms with Crippen LogP contribution in [0.25, 0.3) is 0 Å². The van der Waals surface area contributed by atoms with E-state index >= 15 is 0 Å². The lowest BCUT2D eigenvalue weighted by Crippen LogP contribution is -2.64. The van der Waals surface area contributed by atoms with Crippen molar-refractivity contribution in [1.29, 1.82) is 5.26 Å². The molecule has 1 fully saturated rings. The fraction of sp³-hybridized carbons (Fsp3) is 0.200. The summed E-state index contributed by atoms with van der Waals surface area (Å²) >= 11 is 0. The Labute approximate surface area is 151 Å². The second kappa shape index (κ2) is 6.81. The predicted octanol–water partition coefficient (Wildman–Crippen LogP) is 2.36. The fourth-order valence-electron chi connectivity index (χ4n) is 3.06. The number of nitriles is 1. The SMILES string of the molecule is CN1C(=O)N(Cc2ccccc2)C(=O)C(C#N)(Cc2ccccc2)C1=O. The number of amides is 4. The molecule has 0 aliphatic carbocycles. The molecule has 1 aliphatic heterocycles. The van der Waals surface area contributed by atoms with Crippen molar-refractivity contribution in [1.82, 2.24) is 9.80 Å². The molecule has 2 aromatic rings. The lowest BCUT2D eigenvalue weighted by Gasteiger charge is -2.39. The second-order valence-electron chi connectivity index (χ2n) is 6.20. The molecule has 0 spiro atoms. The van der Waals surface area contributed by atoms with Crippen LogP contribution in [0.15, 0.2) is 60.7 Å². The molecule has 6 heteroatoms. The zero-order valence-corrected chi connectivity index (χ0v) is 14.3. The van der Waals surface area contributed by atoms with Crippen molar-refractivity contribution in [2.24, 2.45) is 5.41 Å². The summed E-state index contributed by atoms with van der Waals surface area (Å²) in [7, 11) is 1.30. The van der Waals surface area contributed by atoms with Gasteiger partial charge in [-0.25, -0.2) is 4.79 Å². The fourth-order valence-corrected chi connectivity index (χ4v) is 3.06. The molecule has 26 heavy (non-hydrogen) atoms. The minimum atomic E-state index is -1.95. The van der Waals surface area contributed by atoms with Gasteiger partial charge in [-0.3, -0.25) is 19.4 Å². The molecule has 0 N–H and O–H groups in total. The molecule has 1 saturated heterocycles. The molecule has 130 valence electrons. The Morgan fingerprint density at radius 1 is 0.885 bits per heavy atom. The lowest BCUT2D eigenvalue weighted by atomic mass is 9.78. The molecule has 0 saturated carbocycles. The van der Waals surface area contributed by atoms with Gasteiger partial charge in [0.05, 0.1) is 12.6 Å². The van der Waals surface area contributed by atoms with E-state index in [1.165, 1.54) is 7.05 Å². The number of hydrogen-bond acceptors (Lipinski definition) is 4. The molecule has 3 rings (SSSR count). The summed E-state index contributed by atoms with van der Waals surface area (Å²) in [6, 6.07) is 19.0. The Kier molecular flexibility index (Phi) is 4.55. The summed E-state index contributed by atoms with van der Waals surface area (Å²) in [5.74, 6) is -1.57. The molecule has 0 aromatic heterocycles. The Balaban J connectivity index is 2.00. The topological polar surface area (TPSA) is 81.5 Å². The monoisotopic (exact) mass is 347 g/mol. The van der Waals surface area contributed by atoms with Crippen LogP contribution in [0, 0.1) is 16.7 Å². The van der Waals surface area contributed by atoms with Crippen molar-refractivity contribution in [3.63, 3.8) is 0 Å². The minimum Gasteiger partial charge on any atom is -0.272 e. The van der Waals surface area contributed by atoms with E-state index in [1.54, 1.807) is 48.5 Å². The van der Waals surface area contributed by atoms with Crippen LogP contribution < -0.4 is 0 Å². The van der Waals surface area contributed by atoms with Gasteiger partial charge < -0.3 is 0 Å². The number of barbiturate groups is 1. The third-order valence-electron chi connectivity index (χ3n) is 4.48. The van der Waals surface area contributed by atoms with E-state index in [2.05, 4.69) is 0 Å². The molecule has 2 aromatic carbocycles. The van der Waals surface area contributed by atoms with Crippen LogP contribution in [0.5, 0.6) is 0 Å². The molecule has 4 amide bonds. The Morgan fingerprint density at radius 2 is 1.42 bits per heavy atom. The average molecular weight is 347 g/mol. The van der Waals surface area contributed by atoms with Crippen LogP contribution in [0.3, 0.4) is 0 Å². The first-order valence-electron chi connectivity index (χ1n) is 8.13. The molecular formula is C20H17N3O3. The number of carbonyl (C=O) groups excluding carboxylic acids is 3. The van der Waals surface area contributed by atoms with Gasteiger partial charge in [-0.2, -0.15) is 5.26 Å². The zero-order chi connectivity index (χ0) is 18.7. The van der Waals surface area contributed by atoms with E-state index in [4.69, 9.17) is 0 Å². The first kappa shape index (κ1) is 17.4. The summed E-state index contributed by atoms with van der Waals surface area (Å²) < 4.78 is 0. The summed E-state index contributed by atoms with van der Waals surface area (Å²) in [4.78, 5) is 40.2. The van der Waals surface area contributed by atoms with Crippen LogP contribution >= 0.6 is 0 Å². The summed E-state index contributed by atoms with van der Waals surface area (Å²) in [5, 5.41) is 9.78. The van der Waals surface area contributed by atoms with E-state index < -0.39 is 23.3 Å². The molecular weight excluding hydrogens is 330 g/mol. The summed E-state index contributed by atoms with van der Waals surface area (Å²) in [5.41, 5.74) is -0.527. The Bertz CT molecular complexity index is 890. The van der Waals surface area contributed by atoms with Gasteiger partial charge in [0.2, 0.25) is 5.41 Å². The number of urea groups is 1. The maximum atomic E-state index is 13.1. The van der Waals surface area contributed by atoms with Crippen LogP contribution in [-0.2, 0) is 22.6 Å². The van der Waals surface area contributed by atoms with Gasteiger partial charge in [0, 0.05) is 13.5 Å². The third-order valence-corrected chi connectivity index (χ3v) is 4.48. The van der Waals surface area contributed by atoms with Gasteiger partial charge >= 0.3 is 6.03 Å². The minimum absolute atomic E-state index is 0.00828. The van der Waals surface area contributed by atoms with Crippen molar-refractivity contribution in [3.8, 4) is 6.07 Å². The number of benzene rings is 2. The van der Waals surface area contributed by atoms with Crippen molar-refractivity contribution in [2.75, 3.05) is 7.05 Å². The van der Waals surface area contributed by atoms with Gasteiger partial charge in [-0.15, -0.1) is 0 Å². The van der Waals surface area contributed by atoms with Crippen LogP contribution in [0.2, 0.25) is 0 Å². The van der Waals surface area contributed by atoms with Gasteiger partial charge in [-0.05, 0) is 11.1 Å². The van der Waals surface area contributed by atoms with Gasteiger partial charge in [0.15, 0.2) is 0 Å². The molecule has 1 aliphatic rings. The third kappa shape index (κ3) is 2.84. The average Bonchev–Trinajstić information content (AvgIpc) is 2.69. The van der Waals surface area contributed by atoms with E-state index in [0.717, 1.165) is 15.4 Å². The summed E-state index contributed by atoms with van der Waals surface area (Å²) in [6.45, 7) is 0.00828. The quantitative estimate of drug-likeness (QED) is 0.795. The highest BCUT2D eigenvalue weighted by Gasteiger charge is 2.57. The van der Waals surface area contributed by atoms with Gasteiger partial charge in [-0.1, -0.05) is 60.7 Å². The number of hydrogen-bond donors (Lipinski definition) is 0. The first-order chi connectivity index (χ1) is 12.5. The van der Waals surface area contributed by atoms with Gasteiger partial charge in [0.1, 0.15) is 0 Å². The van der Waals surface area contributed by atoms with Crippen molar-refractivity contribution in [2.45, 2.75) is 13.0 Å². The molecule has 1 heterocycles. The molecule has 6 nitrogen and oxygen atoms in total. The van der Waals surface area contributed by atoms with E-state index in [0.29, 0.717) is 5.56 Å². The van der Waals surface area contributed by atoms with Crippen LogP contribution in [-0.4, -0.2) is 34.7 Å². The zero-order valence-electron chi connectivity index (χ0n) is 14.3. The second-order valence-corrected chi connectivity index (χ2v) is 6.20. The number of imide groups is 2. The van der Waals surface area contributed by atoms with Crippen molar-refractivity contribution >= 4 is 17.8 Å². The Hall–Kier alpha value is -3.46. The molecule has 1 unspecified atom stereocenters. The highest BCUT2D eigenvalue weighted by atomic mass is 16.2. The van der Waals surface area contributed by atoms with Crippen molar-refractivity contribution < 1.29 is 14.4 Å². The number of carbonyl (C=O) groups is 3. The highest BCUT2D eigenvalue weighted by Crippen LogP contribution is 2.33. The maximum absolute atomic E-state index is 13.1. The number of rotatable bonds is 4. The van der Waals surface area contributed by atoms with Crippen molar-refractivity contribution in [3.05, 3.63) is 71.8 Å². The lowest BCUT2D eigenvalue weighted by molar-refractivity contribution is -0.154.